The number of amides is 1. The first-order chi connectivity index (χ1) is 15.2. The van der Waals surface area contributed by atoms with Crippen LogP contribution in [-0.4, -0.2) is 68.7 Å². The van der Waals surface area contributed by atoms with Gasteiger partial charge in [-0.1, -0.05) is 24.6 Å². The van der Waals surface area contributed by atoms with Crippen LogP contribution in [0.1, 0.15) is 40.7 Å². The molecule has 0 N–H and O–H groups in total. The first-order valence-corrected chi connectivity index (χ1v) is 12.4. The molecule has 174 valence electrons. The van der Waals surface area contributed by atoms with Crippen LogP contribution in [0.15, 0.2) is 47.4 Å². The Labute approximate surface area is 190 Å². The van der Waals surface area contributed by atoms with E-state index in [1.54, 1.807) is 29.2 Å². The second kappa shape index (κ2) is 10.6. The zero-order chi connectivity index (χ0) is 23.3. The molecule has 8 heteroatoms. The van der Waals surface area contributed by atoms with E-state index in [1.165, 1.54) is 22.5 Å². The van der Waals surface area contributed by atoms with Crippen molar-refractivity contribution in [1.29, 1.82) is 0 Å². The highest BCUT2D eigenvalue weighted by Crippen LogP contribution is 2.24. The molecule has 0 unspecified atom stereocenters. The van der Waals surface area contributed by atoms with Crippen molar-refractivity contribution in [2.24, 2.45) is 0 Å². The lowest BCUT2D eigenvalue weighted by Gasteiger charge is -2.27. The number of aryl methyl sites for hydroxylation is 1. The Balaban J connectivity index is 1.90. The van der Waals surface area contributed by atoms with Crippen LogP contribution in [0.25, 0.3) is 0 Å². The van der Waals surface area contributed by atoms with Crippen LogP contribution in [0, 0.1) is 12.7 Å². The number of piperidine rings is 1. The molecule has 1 aliphatic heterocycles. The summed E-state index contributed by atoms with van der Waals surface area (Å²) < 4.78 is 41.1. The summed E-state index contributed by atoms with van der Waals surface area (Å²) >= 11 is 0. The van der Waals surface area contributed by atoms with Crippen LogP contribution < -0.4 is 0 Å². The van der Waals surface area contributed by atoms with Crippen molar-refractivity contribution in [1.82, 2.24) is 14.1 Å². The number of carbonyl (C=O) groups excluding carboxylic acids is 1. The normalized spacial score (nSPS) is 15.2. The number of rotatable bonds is 8. The van der Waals surface area contributed by atoms with Crippen molar-refractivity contribution in [2.75, 3.05) is 40.3 Å². The first kappa shape index (κ1) is 24.4. The van der Waals surface area contributed by atoms with Crippen LogP contribution in [-0.2, 0) is 16.6 Å². The van der Waals surface area contributed by atoms with Gasteiger partial charge in [0, 0.05) is 38.3 Å². The molecule has 0 saturated carbocycles. The fraction of sp³-hybridized carbons (Fsp3) is 0.458. The summed E-state index contributed by atoms with van der Waals surface area (Å²) in [5, 5.41) is 0. The molecule has 6 nitrogen and oxygen atoms in total. The van der Waals surface area contributed by atoms with Crippen LogP contribution in [0.2, 0.25) is 0 Å². The highest BCUT2D eigenvalue weighted by molar-refractivity contribution is 7.89. The third-order valence-corrected chi connectivity index (χ3v) is 7.68. The van der Waals surface area contributed by atoms with Crippen molar-refractivity contribution in [2.45, 2.75) is 37.6 Å². The number of carbonyl (C=O) groups is 1. The maximum atomic E-state index is 13.5. The standard InChI is InChI=1S/C24H32FN3O3S/c1-19-7-12-22(32(30,31)28-13-5-4-6-14-28)17-23(19)24(29)27(16-15-26(2)3)18-20-8-10-21(25)11-9-20/h7-12,17H,4-6,13-16,18H2,1-3H3. The van der Waals surface area contributed by atoms with E-state index in [4.69, 9.17) is 0 Å². The zero-order valence-electron chi connectivity index (χ0n) is 19.1. The monoisotopic (exact) mass is 461 g/mol. The summed E-state index contributed by atoms with van der Waals surface area (Å²) in [5.74, 6) is -0.559. The fourth-order valence-corrected chi connectivity index (χ4v) is 5.34. The molecule has 0 aromatic heterocycles. The van der Waals surface area contributed by atoms with Crippen molar-refractivity contribution in [3.05, 3.63) is 65.0 Å². The third kappa shape index (κ3) is 5.94. The van der Waals surface area contributed by atoms with E-state index >= 15 is 0 Å². The van der Waals surface area contributed by atoms with Gasteiger partial charge in [-0.2, -0.15) is 4.31 Å². The second-order valence-corrected chi connectivity index (χ2v) is 10.5. The molecule has 0 atom stereocenters. The van der Waals surface area contributed by atoms with Crippen LogP contribution in [0.4, 0.5) is 4.39 Å². The van der Waals surface area contributed by atoms with E-state index in [9.17, 15) is 17.6 Å². The van der Waals surface area contributed by atoms with Crippen molar-refractivity contribution >= 4 is 15.9 Å². The molecule has 1 heterocycles. The van der Waals surface area contributed by atoms with Gasteiger partial charge in [0.05, 0.1) is 4.90 Å². The maximum Gasteiger partial charge on any atom is 0.254 e. The van der Waals surface area contributed by atoms with Gasteiger partial charge < -0.3 is 9.80 Å². The lowest BCUT2D eigenvalue weighted by molar-refractivity contribution is 0.0731. The predicted octanol–water partition coefficient (Wildman–Crippen LogP) is 3.51. The average molecular weight is 462 g/mol. The fourth-order valence-electron chi connectivity index (χ4n) is 3.80. The molecule has 1 aliphatic rings. The molecule has 2 aromatic carbocycles. The minimum atomic E-state index is -3.64. The number of hydrogen-bond acceptors (Lipinski definition) is 4. The van der Waals surface area contributed by atoms with Gasteiger partial charge in [0.25, 0.3) is 5.91 Å². The predicted molar refractivity (Wildman–Crippen MR) is 123 cm³/mol. The Morgan fingerprint density at radius 2 is 1.66 bits per heavy atom. The molecule has 0 bridgehead atoms. The Morgan fingerprint density at radius 1 is 1.00 bits per heavy atom. The van der Waals surface area contributed by atoms with E-state index < -0.39 is 10.0 Å². The summed E-state index contributed by atoms with van der Waals surface area (Å²) in [6, 6.07) is 10.9. The number of likely N-dealkylation sites (N-methyl/N-ethyl adjacent to an activating group) is 1. The molecule has 3 rings (SSSR count). The molecular formula is C24H32FN3O3S. The Bertz CT molecular complexity index is 1030. The SMILES string of the molecule is Cc1ccc(S(=O)(=O)N2CCCCC2)cc1C(=O)N(CCN(C)C)Cc1ccc(F)cc1. The van der Waals surface area contributed by atoms with E-state index in [2.05, 4.69) is 0 Å². The van der Waals surface area contributed by atoms with Crippen LogP contribution >= 0.6 is 0 Å². The minimum Gasteiger partial charge on any atom is -0.333 e. The van der Waals surface area contributed by atoms with Crippen molar-refractivity contribution in [3.8, 4) is 0 Å². The second-order valence-electron chi connectivity index (χ2n) is 8.60. The van der Waals surface area contributed by atoms with Gasteiger partial charge in [0.15, 0.2) is 0 Å². The van der Waals surface area contributed by atoms with Gasteiger partial charge >= 0.3 is 0 Å². The third-order valence-electron chi connectivity index (χ3n) is 5.78. The highest BCUT2D eigenvalue weighted by atomic mass is 32.2. The van der Waals surface area contributed by atoms with Crippen LogP contribution in [0.3, 0.4) is 0 Å². The number of halogens is 1. The summed E-state index contributed by atoms with van der Waals surface area (Å²) in [4.78, 5) is 17.4. The maximum absolute atomic E-state index is 13.5. The smallest absolute Gasteiger partial charge is 0.254 e. The Morgan fingerprint density at radius 3 is 2.28 bits per heavy atom. The molecule has 0 spiro atoms. The zero-order valence-corrected chi connectivity index (χ0v) is 19.9. The summed E-state index contributed by atoms with van der Waals surface area (Å²) in [6.07, 6.45) is 2.74. The lowest BCUT2D eigenvalue weighted by atomic mass is 10.1. The largest absolute Gasteiger partial charge is 0.333 e. The lowest BCUT2D eigenvalue weighted by Crippen LogP contribution is -2.37. The first-order valence-electron chi connectivity index (χ1n) is 11.0. The average Bonchev–Trinajstić information content (AvgIpc) is 2.78. The molecule has 32 heavy (non-hydrogen) atoms. The molecule has 0 radical (unpaired) electrons. The molecule has 1 amide bonds. The number of nitrogens with zero attached hydrogens (tertiary/aromatic N) is 3. The quantitative estimate of drug-likeness (QED) is 0.604. The van der Waals surface area contributed by atoms with Crippen molar-refractivity contribution < 1.29 is 17.6 Å². The van der Waals surface area contributed by atoms with Gasteiger partial charge in [-0.05, 0) is 69.3 Å². The van der Waals surface area contributed by atoms with Gasteiger partial charge in [0.2, 0.25) is 10.0 Å². The Hall–Kier alpha value is -2.29. The number of sulfonamides is 1. The molecule has 0 aliphatic carbocycles. The summed E-state index contributed by atoms with van der Waals surface area (Å²) in [7, 11) is 0.219. The molecule has 2 aromatic rings. The van der Waals surface area contributed by atoms with Gasteiger partial charge in [-0.15, -0.1) is 0 Å². The van der Waals surface area contributed by atoms with E-state index in [0.29, 0.717) is 38.3 Å². The summed E-state index contributed by atoms with van der Waals surface area (Å²) in [6.45, 7) is 4.27. The van der Waals surface area contributed by atoms with Crippen molar-refractivity contribution in [3.63, 3.8) is 0 Å². The highest BCUT2D eigenvalue weighted by Gasteiger charge is 2.28. The molecule has 1 saturated heterocycles. The van der Waals surface area contributed by atoms with Crippen LogP contribution in [0.5, 0.6) is 0 Å². The Kier molecular flexibility index (Phi) is 8.03. The van der Waals surface area contributed by atoms with E-state index in [1.807, 2.05) is 25.9 Å². The number of benzene rings is 2. The van der Waals surface area contributed by atoms with Gasteiger partial charge in [-0.25, -0.2) is 12.8 Å². The molecular weight excluding hydrogens is 429 g/mol. The van der Waals surface area contributed by atoms with E-state index in [0.717, 1.165) is 30.4 Å². The topological polar surface area (TPSA) is 60.9 Å². The molecule has 1 fully saturated rings. The minimum absolute atomic E-state index is 0.155. The number of hydrogen-bond donors (Lipinski definition) is 0. The van der Waals surface area contributed by atoms with E-state index in [-0.39, 0.29) is 16.6 Å². The van der Waals surface area contributed by atoms with Gasteiger partial charge in [0.1, 0.15) is 5.82 Å². The summed E-state index contributed by atoms with van der Waals surface area (Å²) in [5.41, 5.74) is 1.92. The van der Waals surface area contributed by atoms with Gasteiger partial charge in [-0.3, -0.25) is 4.79 Å².